The first-order chi connectivity index (χ1) is 5.92. The molecule has 0 bridgehead atoms. The van der Waals surface area contributed by atoms with Crippen LogP contribution in [0.4, 0.5) is 4.39 Å². The van der Waals surface area contributed by atoms with Gasteiger partial charge in [0.1, 0.15) is 0 Å². The number of sulfone groups is 1. The molecule has 0 radical (unpaired) electrons. The van der Waals surface area contributed by atoms with Crippen molar-refractivity contribution in [2.24, 2.45) is 5.41 Å². The van der Waals surface area contributed by atoms with Gasteiger partial charge in [0.05, 0.1) is 23.6 Å². The molecule has 1 rings (SSSR count). The highest BCUT2D eigenvalue weighted by atomic mass is 32.2. The monoisotopic (exact) mass is 210 g/mol. The molecule has 13 heavy (non-hydrogen) atoms. The summed E-state index contributed by atoms with van der Waals surface area (Å²) in [5.74, 6) is -1.76. The van der Waals surface area contributed by atoms with E-state index in [-0.39, 0.29) is 18.6 Å². The van der Waals surface area contributed by atoms with Gasteiger partial charge in [-0.25, -0.2) is 8.42 Å². The lowest BCUT2D eigenvalue weighted by Gasteiger charge is -2.19. The fourth-order valence-electron chi connectivity index (χ4n) is 1.57. The van der Waals surface area contributed by atoms with Gasteiger partial charge in [0.25, 0.3) is 0 Å². The molecule has 0 amide bonds. The van der Waals surface area contributed by atoms with Gasteiger partial charge in [0.15, 0.2) is 9.84 Å². The van der Waals surface area contributed by atoms with Gasteiger partial charge in [0.2, 0.25) is 0 Å². The van der Waals surface area contributed by atoms with Crippen molar-refractivity contribution in [1.82, 2.24) is 0 Å². The van der Waals surface area contributed by atoms with E-state index in [9.17, 15) is 17.6 Å². The summed E-state index contributed by atoms with van der Waals surface area (Å²) in [5.41, 5.74) is -1.37. The topological polar surface area (TPSA) is 71.4 Å². The van der Waals surface area contributed by atoms with Crippen molar-refractivity contribution in [1.29, 1.82) is 0 Å². The van der Waals surface area contributed by atoms with Gasteiger partial charge in [-0.2, -0.15) is 0 Å². The van der Waals surface area contributed by atoms with Crippen LogP contribution in [0.5, 0.6) is 0 Å². The molecule has 0 spiro atoms. The van der Waals surface area contributed by atoms with Crippen molar-refractivity contribution in [2.75, 3.05) is 18.2 Å². The maximum Gasteiger partial charge on any atom is 0.310 e. The Kier molecular flexibility index (Phi) is 2.61. The molecule has 1 N–H and O–H groups in total. The smallest absolute Gasteiger partial charge is 0.310 e. The maximum absolute atomic E-state index is 12.0. The van der Waals surface area contributed by atoms with E-state index in [1.165, 1.54) is 0 Å². The van der Waals surface area contributed by atoms with Gasteiger partial charge < -0.3 is 5.11 Å². The molecule has 76 valence electrons. The van der Waals surface area contributed by atoms with Crippen LogP contribution in [0.25, 0.3) is 0 Å². The van der Waals surface area contributed by atoms with E-state index < -0.39 is 33.6 Å². The standard InChI is InChI=1S/C7H11FO4S/c8-3-1-7(6(9)10)2-4-13(11,12)5-7/h1-5H2,(H,9,10). The van der Waals surface area contributed by atoms with Gasteiger partial charge in [-0.15, -0.1) is 0 Å². The van der Waals surface area contributed by atoms with Crippen LogP contribution in [0.3, 0.4) is 0 Å². The SMILES string of the molecule is O=C(O)C1(CCF)CCS(=O)(=O)C1. The third-order valence-electron chi connectivity index (χ3n) is 2.41. The first kappa shape index (κ1) is 10.4. The number of rotatable bonds is 3. The van der Waals surface area contributed by atoms with Crippen LogP contribution in [0, 0.1) is 5.41 Å². The Morgan fingerprint density at radius 2 is 2.15 bits per heavy atom. The van der Waals surface area contributed by atoms with Crippen LogP contribution in [-0.2, 0) is 14.6 Å². The van der Waals surface area contributed by atoms with E-state index in [1.54, 1.807) is 0 Å². The van der Waals surface area contributed by atoms with Crippen LogP contribution < -0.4 is 0 Å². The second kappa shape index (κ2) is 3.25. The minimum atomic E-state index is -3.27. The second-order valence-corrected chi connectivity index (χ2v) is 5.55. The number of hydrogen-bond acceptors (Lipinski definition) is 3. The molecular formula is C7H11FO4S. The molecule has 0 saturated carbocycles. The van der Waals surface area contributed by atoms with Gasteiger partial charge in [-0.1, -0.05) is 0 Å². The highest BCUT2D eigenvalue weighted by Crippen LogP contribution is 2.35. The zero-order valence-corrected chi connectivity index (χ0v) is 7.81. The van der Waals surface area contributed by atoms with Crippen LogP contribution in [0.2, 0.25) is 0 Å². The molecule has 1 unspecified atom stereocenters. The third kappa shape index (κ3) is 1.99. The van der Waals surface area contributed by atoms with E-state index in [0.717, 1.165) is 0 Å². The highest BCUT2D eigenvalue weighted by molar-refractivity contribution is 7.91. The Morgan fingerprint density at radius 3 is 2.46 bits per heavy atom. The summed E-state index contributed by atoms with van der Waals surface area (Å²) in [6, 6.07) is 0. The number of aliphatic carboxylic acids is 1. The van der Waals surface area contributed by atoms with Crippen LogP contribution in [0.15, 0.2) is 0 Å². The van der Waals surface area contributed by atoms with Crippen LogP contribution in [0.1, 0.15) is 12.8 Å². The van der Waals surface area contributed by atoms with E-state index in [2.05, 4.69) is 0 Å². The zero-order chi connectivity index (χ0) is 10.1. The Bertz CT molecular complexity index is 310. The molecule has 1 aliphatic heterocycles. The summed E-state index contributed by atoms with van der Waals surface area (Å²) < 4.78 is 34.1. The summed E-state index contributed by atoms with van der Waals surface area (Å²) >= 11 is 0. The minimum Gasteiger partial charge on any atom is -0.481 e. The molecule has 0 aliphatic carbocycles. The first-order valence-electron chi connectivity index (χ1n) is 3.92. The minimum absolute atomic E-state index is 0.0363. The molecule has 1 saturated heterocycles. The molecule has 1 fully saturated rings. The molecule has 1 aliphatic rings. The average molecular weight is 210 g/mol. The summed E-state index contributed by atoms with van der Waals surface area (Å²) in [7, 11) is -3.27. The Morgan fingerprint density at radius 1 is 1.54 bits per heavy atom. The zero-order valence-electron chi connectivity index (χ0n) is 6.99. The number of carbonyl (C=O) groups is 1. The van der Waals surface area contributed by atoms with Gasteiger partial charge >= 0.3 is 5.97 Å². The van der Waals surface area contributed by atoms with Crippen molar-refractivity contribution >= 4 is 15.8 Å². The lowest BCUT2D eigenvalue weighted by molar-refractivity contribution is -0.148. The Labute approximate surface area is 75.7 Å². The summed E-state index contributed by atoms with van der Waals surface area (Å²) in [5, 5.41) is 8.80. The van der Waals surface area contributed by atoms with Crippen molar-refractivity contribution < 1.29 is 22.7 Å². The molecule has 1 atom stereocenters. The van der Waals surface area contributed by atoms with E-state index >= 15 is 0 Å². The lowest BCUT2D eigenvalue weighted by atomic mass is 9.85. The number of alkyl halides is 1. The molecular weight excluding hydrogens is 199 g/mol. The summed E-state index contributed by atoms with van der Waals surface area (Å²) in [6.45, 7) is -0.790. The lowest BCUT2D eigenvalue weighted by Crippen LogP contribution is -2.32. The molecule has 0 aromatic carbocycles. The van der Waals surface area contributed by atoms with Crippen LogP contribution in [-0.4, -0.2) is 37.7 Å². The number of halogens is 1. The Balaban J connectivity index is 2.90. The Hall–Kier alpha value is -0.650. The summed E-state index contributed by atoms with van der Waals surface area (Å²) in [6.07, 6.45) is -0.170. The van der Waals surface area contributed by atoms with E-state index in [1.807, 2.05) is 0 Å². The van der Waals surface area contributed by atoms with E-state index in [4.69, 9.17) is 5.11 Å². The maximum atomic E-state index is 12.0. The van der Waals surface area contributed by atoms with Crippen LogP contribution >= 0.6 is 0 Å². The van der Waals surface area contributed by atoms with Gasteiger partial charge in [0, 0.05) is 0 Å². The number of hydrogen-bond donors (Lipinski definition) is 1. The highest BCUT2D eigenvalue weighted by Gasteiger charge is 2.47. The summed E-state index contributed by atoms with van der Waals surface area (Å²) in [4.78, 5) is 10.8. The third-order valence-corrected chi connectivity index (χ3v) is 4.23. The molecule has 6 heteroatoms. The van der Waals surface area contributed by atoms with Crippen molar-refractivity contribution in [3.8, 4) is 0 Å². The second-order valence-electron chi connectivity index (χ2n) is 3.37. The normalized spacial score (nSPS) is 31.8. The molecule has 1 heterocycles. The fraction of sp³-hybridized carbons (Fsp3) is 0.857. The molecule has 4 nitrogen and oxygen atoms in total. The number of carboxylic acid groups (broad SMARTS) is 1. The predicted molar refractivity (Wildman–Crippen MR) is 43.9 cm³/mol. The van der Waals surface area contributed by atoms with Crippen molar-refractivity contribution in [2.45, 2.75) is 12.8 Å². The van der Waals surface area contributed by atoms with Gasteiger partial charge in [-0.3, -0.25) is 9.18 Å². The quantitative estimate of drug-likeness (QED) is 0.724. The van der Waals surface area contributed by atoms with Crippen molar-refractivity contribution in [3.63, 3.8) is 0 Å². The average Bonchev–Trinajstić information content (AvgIpc) is 2.28. The van der Waals surface area contributed by atoms with E-state index in [0.29, 0.717) is 0 Å². The molecule has 0 aromatic rings. The molecule has 0 aromatic heterocycles. The van der Waals surface area contributed by atoms with Gasteiger partial charge in [-0.05, 0) is 12.8 Å². The first-order valence-corrected chi connectivity index (χ1v) is 5.74. The fourth-order valence-corrected chi connectivity index (χ4v) is 3.67. The largest absolute Gasteiger partial charge is 0.481 e. The predicted octanol–water partition coefficient (Wildman–Crippen LogP) is 0.236. The number of carboxylic acids is 1. The van der Waals surface area contributed by atoms with Crippen molar-refractivity contribution in [3.05, 3.63) is 0 Å².